The van der Waals surface area contributed by atoms with E-state index in [2.05, 4.69) is 54.6 Å². The van der Waals surface area contributed by atoms with Crippen molar-refractivity contribution in [2.45, 2.75) is 0 Å². The van der Waals surface area contributed by atoms with Gasteiger partial charge >= 0.3 is 225 Å². The molecule has 0 aliphatic heterocycles. The molecule has 8 aromatic rings. The fourth-order valence-electron chi connectivity index (χ4n) is 5.22. The first kappa shape index (κ1) is 21.5. The van der Waals surface area contributed by atoms with Crippen molar-refractivity contribution in [3.05, 3.63) is 115 Å². The molecule has 0 N–H and O–H groups in total. The quantitative estimate of drug-likeness (QED) is 0.208. The minimum atomic E-state index is 0.184. The molecule has 5 aromatic carbocycles. The molecule has 178 valence electrons. The number of nitrogens with zero attached hydrogens (tertiary/aromatic N) is 3. The molecule has 0 saturated carbocycles. The summed E-state index contributed by atoms with van der Waals surface area (Å²) in [5.41, 5.74) is 4.65. The predicted octanol–water partition coefficient (Wildman–Crippen LogP) is 8.14. The summed E-state index contributed by atoms with van der Waals surface area (Å²) in [5.74, 6) is 2.01. The molecule has 0 unspecified atom stereocenters. The molecule has 0 aliphatic carbocycles. The molecule has 3 heterocycles. The first-order valence-electron chi connectivity index (χ1n) is 12.5. The van der Waals surface area contributed by atoms with E-state index in [0.29, 0.717) is 17.5 Å². The third-order valence-electron chi connectivity index (χ3n) is 6.96. The average Bonchev–Trinajstić information content (AvgIpc) is 3.56. The second-order valence-electron chi connectivity index (χ2n) is 9.23. The fraction of sp³-hybridized carbons (Fsp3) is 0. The van der Waals surface area contributed by atoms with E-state index in [-0.39, 0.29) is 14.5 Å². The standard InChI is InChI=1S/C33H19N3OSe/c1-2-10-20(11-3-1)31-34-32(24-15-9-18-27-29(24)23-13-4-6-17-26(23)37-27)36-33(35-31)25-16-8-14-22-21-12-5-7-19-28(21)38-30(22)25/h1-19H. The van der Waals surface area contributed by atoms with E-state index in [9.17, 15) is 0 Å². The van der Waals surface area contributed by atoms with E-state index in [4.69, 9.17) is 19.4 Å². The summed E-state index contributed by atoms with van der Waals surface area (Å²) < 4.78 is 8.89. The summed E-state index contributed by atoms with van der Waals surface area (Å²) in [4.78, 5) is 15.2. The monoisotopic (exact) mass is 553 g/mol. The topological polar surface area (TPSA) is 51.8 Å². The van der Waals surface area contributed by atoms with E-state index in [1.165, 1.54) is 19.3 Å². The van der Waals surface area contributed by atoms with E-state index in [0.717, 1.165) is 38.6 Å². The van der Waals surface area contributed by atoms with Gasteiger partial charge in [-0.1, -0.05) is 0 Å². The summed E-state index contributed by atoms with van der Waals surface area (Å²) in [6.45, 7) is 0. The zero-order valence-electron chi connectivity index (χ0n) is 20.1. The van der Waals surface area contributed by atoms with Crippen LogP contribution in [0.3, 0.4) is 0 Å². The molecule has 0 radical (unpaired) electrons. The Labute approximate surface area is 224 Å². The Morgan fingerprint density at radius 1 is 0.474 bits per heavy atom. The van der Waals surface area contributed by atoms with Crippen LogP contribution in [0.5, 0.6) is 0 Å². The van der Waals surface area contributed by atoms with E-state index < -0.39 is 0 Å². The van der Waals surface area contributed by atoms with Gasteiger partial charge in [-0.15, -0.1) is 0 Å². The summed E-state index contributed by atoms with van der Waals surface area (Å²) in [6, 6.07) is 39.5. The van der Waals surface area contributed by atoms with Crippen molar-refractivity contribution in [2.75, 3.05) is 0 Å². The Morgan fingerprint density at radius 2 is 1.11 bits per heavy atom. The van der Waals surface area contributed by atoms with Crippen LogP contribution in [0.4, 0.5) is 0 Å². The number of rotatable bonds is 3. The maximum atomic E-state index is 6.17. The number of furan rings is 1. The third-order valence-corrected chi connectivity index (χ3v) is 9.52. The van der Waals surface area contributed by atoms with Crippen molar-refractivity contribution in [1.82, 2.24) is 15.0 Å². The van der Waals surface area contributed by atoms with Gasteiger partial charge < -0.3 is 0 Å². The van der Waals surface area contributed by atoms with Gasteiger partial charge in [-0.3, -0.25) is 0 Å². The first-order valence-corrected chi connectivity index (χ1v) is 14.2. The molecule has 0 atom stereocenters. The molecular weight excluding hydrogens is 533 g/mol. The van der Waals surface area contributed by atoms with Crippen LogP contribution in [0, 0.1) is 0 Å². The van der Waals surface area contributed by atoms with Gasteiger partial charge in [-0.25, -0.2) is 0 Å². The van der Waals surface area contributed by atoms with E-state index in [1.807, 2.05) is 60.7 Å². The molecule has 5 heteroatoms. The molecular formula is C33H19N3OSe. The Balaban J connectivity index is 1.44. The molecule has 0 spiro atoms. The van der Waals surface area contributed by atoms with Crippen LogP contribution >= 0.6 is 0 Å². The molecule has 0 fully saturated rings. The summed E-state index contributed by atoms with van der Waals surface area (Å²) >= 11 is 0.184. The van der Waals surface area contributed by atoms with Crippen molar-refractivity contribution in [3.8, 4) is 34.2 Å². The number of benzene rings is 5. The number of aromatic nitrogens is 3. The van der Waals surface area contributed by atoms with Crippen LogP contribution in [0.2, 0.25) is 0 Å². The van der Waals surface area contributed by atoms with Crippen LogP contribution in [-0.2, 0) is 0 Å². The van der Waals surface area contributed by atoms with Crippen molar-refractivity contribution < 1.29 is 4.42 Å². The van der Waals surface area contributed by atoms with Crippen LogP contribution < -0.4 is 0 Å². The molecule has 38 heavy (non-hydrogen) atoms. The van der Waals surface area contributed by atoms with Crippen molar-refractivity contribution in [3.63, 3.8) is 0 Å². The zero-order chi connectivity index (χ0) is 25.1. The number of hydrogen-bond acceptors (Lipinski definition) is 4. The fourth-order valence-corrected chi connectivity index (χ4v) is 7.76. The third kappa shape index (κ3) is 3.33. The second kappa shape index (κ2) is 8.49. The minimum absolute atomic E-state index is 0.184. The molecule has 3 aromatic heterocycles. The van der Waals surface area contributed by atoms with Crippen LogP contribution in [0.15, 0.2) is 120 Å². The molecule has 8 rings (SSSR count). The number of fused-ring (bicyclic) bond motifs is 6. The molecule has 0 bridgehead atoms. The molecule has 0 saturated heterocycles. The normalized spacial score (nSPS) is 11.7. The number of para-hydroxylation sites is 1. The van der Waals surface area contributed by atoms with Crippen molar-refractivity contribution in [1.29, 1.82) is 0 Å². The van der Waals surface area contributed by atoms with E-state index in [1.54, 1.807) is 0 Å². The Morgan fingerprint density at radius 3 is 2.00 bits per heavy atom. The molecule has 0 aliphatic rings. The second-order valence-corrected chi connectivity index (χ2v) is 11.4. The van der Waals surface area contributed by atoms with Gasteiger partial charge in [0.25, 0.3) is 0 Å². The summed E-state index contributed by atoms with van der Waals surface area (Å²) in [6.07, 6.45) is 0. The van der Waals surface area contributed by atoms with Crippen LogP contribution in [0.1, 0.15) is 0 Å². The Hall–Kier alpha value is -4.57. The van der Waals surface area contributed by atoms with Gasteiger partial charge in [0.2, 0.25) is 0 Å². The van der Waals surface area contributed by atoms with Crippen molar-refractivity contribution in [2.24, 2.45) is 0 Å². The summed E-state index contributed by atoms with van der Waals surface area (Å²) in [7, 11) is 0. The van der Waals surface area contributed by atoms with Gasteiger partial charge in [0.1, 0.15) is 0 Å². The molecule has 0 amide bonds. The van der Waals surface area contributed by atoms with Gasteiger partial charge in [0.15, 0.2) is 0 Å². The van der Waals surface area contributed by atoms with Gasteiger partial charge in [-0.2, -0.15) is 0 Å². The summed E-state index contributed by atoms with van der Waals surface area (Å²) in [5, 5.41) is 4.68. The predicted molar refractivity (Wildman–Crippen MR) is 155 cm³/mol. The SMILES string of the molecule is c1ccc(-c2nc(-c3cccc4c3[se]c3ccccc34)nc(-c3cccc4oc5ccccc5c34)n2)cc1. The van der Waals surface area contributed by atoms with Gasteiger partial charge in [0.05, 0.1) is 0 Å². The maximum absolute atomic E-state index is 6.17. The van der Waals surface area contributed by atoms with Gasteiger partial charge in [0, 0.05) is 0 Å². The molecule has 4 nitrogen and oxygen atoms in total. The van der Waals surface area contributed by atoms with Crippen LogP contribution in [-0.4, -0.2) is 29.5 Å². The zero-order valence-corrected chi connectivity index (χ0v) is 21.8. The van der Waals surface area contributed by atoms with Crippen LogP contribution in [0.25, 0.3) is 75.4 Å². The average molecular weight is 552 g/mol. The van der Waals surface area contributed by atoms with E-state index >= 15 is 0 Å². The Bertz CT molecular complexity index is 2140. The Kier molecular flexibility index (Phi) is 4.80. The van der Waals surface area contributed by atoms with Crippen molar-refractivity contribution >= 4 is 55.7 Å². The van der Waals surface area contributed by atoms with Gasteiger partial charge in [-0.05, 0) is 0 Å². The first-order chi connectivity index (χ1) is 18.8. The number of hydrogen-bond donors (Lipinski definition) is 0.